The molecule has 0 spiro atoms. The molecule has 0 saturated heterocycles. The lowest BCUT2D eigenvalue weighted by molar-refractivity contribution is 0.0924. The fraction of sp³-hybridized carbons (Fsp3) is 0.533. The van der Waals surface area contributed by atoms with Crippen LogP contribution in [0.1, 0.15) is 49.5 Å². The summed E-state index contributed by atoms with van der Waals surface area (Å²) in [6.07, 6.45) is 2.15. The van der Waals surface area contributed by atoms with Gasteiger partial charge in [-0.1, -0.05) is 32.8 Å². The Labute approximate surface area is 110 Å². The lowest BCUT2D eigenvalue weighted by Crippen LogP contribution is -2.38. The Bertz CT molecular complexity index is 411. The minimum absolute atomic E-state index is 0.0285. The first-order chi connectivity index (χ1) is 8.51. The topological polar surface area (TPSA) is 55.1 Å². The quantitative estimate of drug-likeness (QED) is 0.787. The number of nitrogen functional groups attached to an aromatic ring is 1. The number of carbonyl (C=O) groups excluding carboxylic acids is 1. The van der Waals surface area contributed by atoms with E-state index in [0.717, 1.165) is 18.4 Å². The highest BCUT2D eigenvalue weighted by Crippen LogP contribution is 2.17. The standard InChI is InChI=1S/C15H24N2O/c1-5-12(6-2)11(4)17-15(18)13-8-7-9-14(16)10(13)3/h7-9,11-12H,5-6,16H2,1-4H3,(H,17,18). The van der Waals surface area contributed by atoms with Gasteiger partial charge in [-0.3, -0.25) is 4.79 Å². The van der Waals surface area contributed by atoms with Gasteiger partial charge in [0.2, 0.25) is 0 Å². The Hall–Kier alpha value is -1.51. The van der Waals surface area contributed by atoms with Crippen molar-refractivity contribution in [3.8, 4) is 0 Å². The van der Waals surface area contributed by atoms with Crippen molar-refractivity contribution in [1.82, 2.24) is 5.32 Å². The van der Waals surface area contributed by atoms with Gasteiger partial charge in [0.1, 0.15) is 0 Å². The molecule has 1 aromatic rings. The molecule has 1 rings (SSSR count). The van der Waals surface area contributed by atoms with Gasteiger partial charge in [-0.25, -0.2) is 0 Å². The molecule has 0 aliphatic rings. The van der Waals surface area contributed by atoms with Crippen molar-refractivity contribution in [2.45, 2.75) is 46.6 Å². The van der Waals surface area contributed by atoms with Crippen LogP contribution in [-0.2, 0) is 0 Å². The molecule has 1 atom stereocenters. The van der Waals surface area contributed by atoms with Gasteiger partial charge in [-0.2, -0.15) is 0 Å². The van der Waals surface area contributed by atoms with Crippen LogP contribution in [0.4, 0.5) is 5.69 Å². The minimum Gasteiger partial charge on any atom is -0.398 e. The first kappa shape index (κ1) is 14.6. The van der Waals surface area contributed by atoms with E-state index in [1.807, 2.05) is 25.1 Å². The van der Waals surface area contributed by atoms with E-state index in [9.17, 15) is 4.79 Å². The third-order valence-corrected chi connectivity index (χ3v) is 3.73. The second-order valence-electron chi connectivity index (χ2n) is 4.86. The van der Waals surface area contributed by atoms with E-state index in [1.165, 1.54) is 0 Å². The number of nitrogens with two attached hydrogens (primary N) is 1. The molecule has 18 heavy (non-hydrogen) atoms. The van der Waals surface area contributed by atoms with E-state index in [0.29, 0.717) is 17.2 Å². The van der Waals surface area contributed by atoms with Gasteiger partial charge in [0.15, 0.2) is 0 Å². The zero-order chi connectivity index (χ0) is 13.7. The first-order valence-corrected chi connectivity index (χ1v) is 6.67. The highest BCUT2D eigenvalue weighted by atomic mass is 16.1. The number of rotatable bonds is 5. The highest BCUT2D eigenvalue weighted by molar-refractivity contribution is 5.97. The molecule has 0 heterocycles. The number of hydrogen-bond donors (Lipinski definition) is 2. The van der Waals surface area contributed by atoms with Crippen LogP contribution in [0.25, 0.3) is 0 Å². The van der Waals surface area contributed by atoms with Gasteiger partial charge in [0.05, 0.1) is 0 Å². The van der Waals surface area contributed by atoms with Gasteiger partial charge in [0, 0.05) is 17.3 Å². The van der Waals surface area contributed by atoms with Crippen molar-refractivity contribution in [2.75, 3.05) is 5.73 Å². The molecule has 0 aliphatic heterocycles. The summed E-state index contributed by atoms with van der Waals surface area (Å²) >= 11 is 0. The molecule has 3 heteroatoms. The van der Waals surface area contributed by atoms with E-state index in [2.05, 4.69) is 26.1 Å². The molecule has 1 amide bonds. The number of hydrogen-bond acceptors (Lipinski definition) is 2. The Balaban J connectivity index is 2.79. The summed E-state index contributed by atoms with van der Waals surface area (Å²) in [4.78, 5) is 12.2. The molecule has 3 nitrogen and oxygen atoms in total. The number of amides is 1. The second-order valence-corrected chi connectivity index (χ2v) is 4.86. The van der Waals surface area contributed by atoms with Gasteiger partial charge in [-0.05, 0) is 37.5 Å². The summed E-state index contributed by atoms with van der Waals surface area (Å²) in [7, 11) is 0. The van der Waals surface area contributed by atoms with Gasteiger partial charge < -0.3 is 11.1 Å². The maximum Gasteiger partial charge on any atom is 0.251 e. The summed E-state index contributed by atoms with van der Waals surface area (Å²) in [6, 6.07) is 5.64. The van der Waals surface area contributed by atoms with Crippen molar-refractivity contribution in [2.24, 2.45) is 5.92 Å². The lowest BCUT2D eigenvalue weighted by atomic mass is 9.95. The van der Waals surface area contributed by atoms with Crippen molar-refractivity contribution in [3.63, 3.8) is 0 Å². The summed E-state index contributed by atoms with van der Waals surface area (Å²) in [5.41, 5.74) is 8.01. The fourth-order valence-electron chi connectivity index (χ4n) is 2.30. The second kappa shape index (κ2) is 6.43. The van der Waals surface area contributed by atoms with E-state index in [4.69, 9.17) is 5.73 Å². The fourth-order valence-corrected chi connectivity index (χ4v) is 2.30. The number of anilines is 1. The summed E-state index contributed by atoms with van der Waals surface area (Å²) in [6.45, 7) is 8.26. The molecule has 0 bridgehead atoms. The van der Waals surface area contributed by atoms with Gasteiger partial charge in [0.25, 0.3) is 5.91 Å². The maximum atomic E-state index is 12.2. The average Bonchev–Trinajstić information content (AvgIpc) is 2.34. The lowest BCUT2D eigenvalue weighted by Gasteiger charge is -2.23. The minimum atomic E-state index is -0.0285. The SMILES string of the molecule is CCC(CC)C(C)NC(=O)c1cccc(N)c1C. The van der Waals surface area contributed by atoms with E-state index < -0.39 is 0 Å². The number of benzene rings is 1. The van der Waals surface area contributed by atoms with Crippen molar-refractivity contribution in [1.29, 1.82) is 0 Å². The highest BCUT2D eigenvalue weighted by Gasteiger charge is 2.18. The van der Waals surface area contributed by atoms with Crippen LogP contribution in [0.3, 0.4) is 0 Å². The predicted molar refractivity (Wildman–Crippen MR) is 76.6 cm³/mol. The molecule has 0 radical (unpaired) electrons. The predicted octanol–water partition coefficient (Wildman–Crippen LogP) is 3.13. The third-order valence-electron chi connectivity index (χ3n) is 3.73. The van der Waals surface area contributed by atoms with Crippen molar-refractivity contribution in [3.05, 3.63) is 29.3 Å². The maximum absolute atomic E-state index is 12.2. The van der Waals surface area contributed by atoms with E-state index in [-0.39, 0.29) is 11.9 Å². The zero-order valence-electron chi connectivity index (χ0n) is 11.8. The molecule has 0 aliphatic carbocycles. The Morgan fingerprint density at radius 3 is 2.50 bits per heavy atom. The number of carbonyl (C=O) groups is 1. The van der Waals surface area contributed by atoms with Crippen LogP contribution < -0.4 is 11.1 Å². The molecule has 100 valence electrons. The van der Waals surface area contributed by atoms with Crippen LogP contribution in [0.2, 0.25) is 0 Å². The Morgan fingerprint density at radius 2 is 1.94 bits per heavy atom. The first-order valence-electron chi connectivity index (χ1n) is 6.67. The van der Waals surface area contributed by atoms with Crippen LogP contribution in [0, 0.1) is 12.8 Å². The normalized spacial score (nSPS) is 12.5. The molecule has 0 fully saturated rings. The molecule has 0 saturated carbocycles. The molecule has 0 aromatic heterocycles. The zero-order valence-corrected chi connectivity index (χ0v) is 11.8. The molecular weight excluding hydrogens is 224 g/mol. The average molecular weight is 248 g/mol. The van der Waals surface area contributed by atoms with Crippen LogP contribution in [0.5, 0.6) is 0 Å². The number of nitrogens with one attached hydrogen (secondary N) is 1. The monoisotopic (exact) mass is 248 g/mol. The molecular formula is C15H24N2O. The molecule has 1 unspecified atom stereocenters. The molecule has 1 aromatic carbocycles. The third kappa shape index (κ3) is 3.25. The Kier molecular flexibility index (Phi) is 5.20. The summed E-state index contributed by atoms with van der Waals surface area (Å²) < 4.78 is 0. The smallest absolute Gasteiger partial charge is 0.251 e. The van der Waals surface area contributed by atoms with Gasteiger partial charge in [-0.15, -0.1) is 0 Å². The van der Waals surface area contributed by atoms with Gasteiger partial charge >= 0.3 is 0 Å². The summed E-state index contributed by atoms with van der Waals surface area (Å²) in [5, 5.41) is 3.07. The largest absolute Gasteiger partial charge is 0.398 e. The van der Waals surface area contributed by atoms with E-state index >= 15 is 0 Å². The van der Waals surface area contributed by atoms with Crippen LogP contribution in [-0.4, -0.2) is 11.9 Å². The Morgan fingerprint density at radius 1 is 1.33 bits per heavy atom. The van der Waals surface area contributed by atoms with Crippen molar-refractivity contribution < 1.29 is 4.79 Å². The van der Waals surface area contributed by atoms with Crippen LogP contribution >= 0.6 is 0 Å². The van der Waals surface area contributed by atoms with E-state index in [1.54, 1.807) is 0 Å². The summed E-state index contributed by atoms with van der Waals surface area (Å²) in [5.74, 6) is 0.495. The van der Waals surface area contributed by atoms with Crippen LogP contribution in [0.15, 0.2) is 18.2 Å². The van der Waals surface area contributed by atoms with Crippen molar-refractivity contribution >= 4 is 11.6 Å². The molecule has 3 N–H and O–H groups in total.